The molecule has 1 amide bonds. The van der Waals surface area contributed by atoms with Crippen molar-refractivity contribution in [1.82, 2.24) is 0 Å². The summed E-state index contributed by atoms with van der Waals surface area (Å²) in [6.45, 7) is 1.14. The standard InChI is InChI=1S/C5H9NO4S/c1-4(7)2-11(9,10)3-5(6)8/h2-3H2,1H3,(H2,6,8). The van der Waals surface area contributed by atoms with Crippen LogP contribution in [0.15, 0.2) is 0 Å². The van der Waals surface area contributed by atoms with Crippen molar-refractivity contribution in [3.63, 3.8) is 0 Å². The van der Waals surface area contributed by atoms with Crippen molar-refractivity contribution in [1.29, 1.82) is 0 Å². The molecule has 0 fully saturated rings. The fourth-order valence-electron chi connectivity index (χ4n) is 0.577. The van der Waals surface area contributed by atoms with E-state index in [0.29, 0.717) is 0 Å². The van der Waals surface area contributed by atoms with E-state index in [0.717, 1.165) is 6.92 Å². The van der Waals surface area contributed by atoms with Crippen LogP contribution in [0.1, 0.15) is 6.92 Å². The molecule has 11 heavy (non-hydrogen) atoms. The molecule has 2 N–H and O–H groups in total. The minimum absolute atomic E-state index is 0.494. The van der Waals surface area contributed by atoms with Crippen LogP contribution < -0.4 is 5.73 Å². The van der Waals surface area contributed by atoms with Gasteiger partial charge in [-0.05, 0) is 6.92 Å². The van der Waals surface area contributed by atoms with Gasteiger partial charge in [0.2, 0.25) is 5.91 Å². The highest BCUT2D eigenvalue weighted by atomic mass is 32.2. The van der Waals surface area contributed by atoms with Crippen LogP contribution in [0, 0.1) is 0 Å². The van der Waals surface area contributed by atoms with Gasteiger partial charge >= 0.3 is 0 Å². The number of Topliss-reactive ketones (excluding diaryl/α,β-unsaturated/α-hetero) is 1. The van der Waals surface area contributed by atoms with Crippen molar-refractivity contribution in [3.8, 4) is 0 Å². The SMILES string of the molecule is CC(=O)CS(=O)(=O)CC(N)=O. The summed E-state index contributed by atoms with van der Waals surface area (Å²) in [4.78, 5) is 20.4. The molecule has 0 spiro atoms. The van der Waals surface area contributed by atoms with Crippen LogP contribution in [0.4, 0.5) is 0 Å². The molecule has 0 heterocycles. The molecule has 0 unspecified atom stereocenters. The summed E-state index contributed by atoms with van der Waals surface area (Å²) in [6, 6.07) is 0. The maximum atomic E-state index is 10.7. The molecule has 0 aliphatic carbocycles. The Morgan fingerprint density at radius 2 is 1.73 bits per heavy atom. The van der Waals surface area contributed by atoms with Gasteiger partial charge in [-0.25, -0.2) is 8.42 Å². The van der Waals surface area contributed by atoms with E-state index >= 15 is 0 Å². The number of rotatable bonds is 4. The average Bonchev–Trinajstić information content (AvgIpc) is 1.53. The molecule has 0 atom stereocenters. The normalized spacial score (nSPS) is 11.0. The smallest absolute Gasteiger partial charge is 0.232 e. The number of hydrogen-bond donors (Lipinski definition) is 1. The fraction of sp³-hybridized carbons (Fsp3) is 0.600. The van der Waals surface area contributed by atoms with Gasteiger partial charge in [0.1, 0.15) is 17.3 Å². The first-order valence-electron chi connectivity index (χ1n) is 2.81. The lowest BCUT2D eigenvalue weighted by Gasteiger charge is -1.96. The highest BCUT2D eigenvalue weighted by Gasteiger charge is 2.16. The summed E-state index contributed by atoms with van der Waals surface area (Å²) < 4.78 is 21.5. The van der Waals surface area contributed by atoms with E-state index < -0.39 is 33.0 Å². The molecule has 5 nitrogen and oxygen atoms in total. The number of primary amides is 1. The zero-order valence-corrected chi connectivity index (χ0v) is 6.85. The van der Waals surface area contributed by atoms with Crippen LogP contribution in [0.5, 0.6) is 0 Å². The Balaban J connectivity index is 4.25. The van der Waals surface area contributed by atoms with Crippen molar-refractivity contribution in [3.05, 3.63) is 0 Å². The molecule has 0 aromatic heterocycles. The quantitative estimate of drug-likeness (QED) is 0.566. The van der Waals surface area contributed by atoms with E-state index in [2.05, 4.69) is 5.73 Å². The molecular formula is C5H9NO4S. The minimum Gasteiger partial charge on any atom is -0.369 e. The van der Waals surface area contributed by atoms with Gasteiger partial charge in [-0.15, -0.1) is 0 Å². The summed E-state index contributed by atoms with van der Waals surface area (Å²) in [5, 5.41) is 0. The topological polar surface area (TPSA) is 94.3 Å². The monoisotopic (exact) mass is 179 g/mol. The van der Waals surface area contributed by atoms with Crippen LogP contribution in [0.25, 0.3) is 0 Å². The molecule has 0 radical (unpaired) electrons. The van der Waals surface area contributed by atoms with E-state index in [1.165, 1.54) is 0 Å². The maximum absolute atomic E-state index is 10.7. The van der Waals surface area contributed by atoms with Gasteiger partial charge in [-0.3, -0.25) is 9.59 Å². The molecule has 0 saturated heterocycles. The fourth-order valence-corrected chi connectivity index (χ4v) is 1.73. The van der Waals surface area contributed by atoms with Gasteiger partial charge in [0.15, 0.2) is 9.84 Å². The third kappa shape index (κ3) is 5.53. The Morgan fingerprint density at radius 3 is 2.00 bits per heavy atom. The van der Waals surface area contributed by atoms with Crippen molar-refractivity contribution in [2.45, 2.75) is 6.92 Å². The number of carbonyl (C=O) groups is 2. The van der Waals surface area contributed by atoms with Crippen molar-refractivity contribution >= 4 is 21.5 Å². The third-order valence-corrected chi connectivity index (χ3v) is 2.36. The predicted octanol–water partition coefficient (Wildman–Crippen LogP) is -1.52. The highest BCUT2D eigenvalue weighted by Crippen LogP contribution is 1.89. The summed E-state index contributed by atoms with van der Waals surface area (Å²) >= 11 is 0. The Labute approximate surface area is 64.5 Å². The van der Waals surface area contributed by atoms with E-state index in [-0.39, 0.29) is 0 Å². The van der Waals surface area contributed by atoms with Crippen LogP contribution in [-0.2, 0) is 19.4 Å². The average molecular weight is 179 g/mol. The summed E-state index contributed by atoms with van der Waals surface area (Å²) in [7, 11) is -3.60. The number of amides is 1. The molecule has 0 aromatic carbocycles. The first kappa shape index (κ1) is 10.1. The molecule has 0 bridgehead atoms. The molecular weight excluding hydrogens is 170 g/mol. The van der Waals surface area contributed by atoms with E-state index in [1.807, 2.05) is 0 Å². The lowest BCUT2D eigenvalue weighted by molar-refractivity contribution is -0.115. The molecule has 0 aromatic rings. The molecule has 64 valence electrons. The maximum Gasteiger partial charge on any atom is 0.232 e. The number of sulfone groups is 1. The second kappa shape index (κ2) is 3.47. The Bertz CT molecular complexity index is 244. The molecule has 0 saturated carbocycles. The van der Waals surface area contributed by atoms with Crippen molar-refractivity contribution in [2.24, 2.45) is 5.73 Å². The Morgan fingerprint density at radius 1 is 1.27 bits per heavy atom. The number of ketones is 1. The van der Waals surface area contributed by atoms with E-state index in [1.54, 1.807) is 0 Å². The number of hydrogen-bond acceptors (Lipinski definition) is 4. The van der Waals surface area contributed by atoms with E-state index in [9.17, 15) is 18.0 Å². The van der Waals surface area contributed by atoms with Crippen molar-refractivity contribution in [2.75, 3.05) is 11.5 Å². The third-order valence-electron chi connectivity index (χ3n) is 0.785. The lowest BCUT2D eigenvalue weighted by Crippen LogP contribution is -2.27. The lowest BCUT2D eigenvalue weighted by atomic mass is 10.5. The predicted molar refractivity (Wildman–Crippen MR) is 38.5 cm³/mol. The Hall–Kier alpha value is -0.910. The van der Waals surface area contributed by atoms with Gasteiger partial charge < -0.3 is 5.73 Å². The first-order chi connectivity index (χ1) is 4.83. The Kier molecular flexibility index (Phi) is 3.18. The second-order valence-corrected chi connectivity index (χ2v) is 4.27. The number of carbonyl (C=O) groups excluding carboxylic acids is 2. The van der Waals surface area contributed by atoms with Gasteiger partial charge in [-0.2, -0.15) is 0 Å². The van der Waals surface area contributed by atoms with Crippen LogP contribution in [0.3, 0.4) is 0 Å². The molecule has 0 rings (SSSR count). The summed E-state index contributed by atoms with van der Waals surface area (Å²) in [5.41, 5.74) is 4.62. The summed E-state index contributed by atoms with van der Waals surface area (Å²) in [6.07, 6.45) is 0. The molecule has 0 aliphatic rings. The zero-order chi connectivity index (χ0) is 9.07. The molecule has 0 aliphatic heterocycles. The van der Waals surface area contributed by atoms with Gasteiger partial charge in [-0.1, -0.05) is 0 Å². The van der Waals surface area contributed by atoms with Crippen molar-refractivity contribution < 1.29 is 18.0 Å². The van der Waals surface area contributed by atoms with Crippen LogP contribution in [0.2, 0.25) is 0 Å². The largest absolute Gasteiger partial charge is 0.369 e. The molecule has 6 heteroatoms. The van der Waals surface area contributed by atoms with Gasteiger partial charge in [0.05, 0.1) is 0 Å². The van der Waals surface area contributed by atoms with E-state index in [4.69, 9.17) is 0 Å². The summed E-state index contributed by atoms with van der Waals surface area (Å²) in [5.74, 6) is -2.81. The minimum atomic E-state index is -3.60. The second-order valence-electron chi connectivity index (χ2n) is 2.20. The van der Waals surface area contributed by atoms with Gasteiger partial charge in [0.25, 0.3) is 0 Å². The zero-order valence-electron chi connectivity index (χ0n) is 6.03. The number of nitrogens with two attached hydrogens (primary N) is 1. The van der Waals surface area contributed by atoms with Crippen LogP contribution in [-0.4, -0.2) is 31.6 Å². The first-order valence-corrected chi connectivity index (χ1v) is 4.64. The van der Waals surface area contributed by atoms with Gasteiger partial charge in [0, 0.05) is 0 Å². The van der Waals surface area contributed by atoms with Crippen LogP contribution >= 0.6 is 0 Å². The highest BCUT2D eigenvalue weighted by molar-refractivity contribution is 7.92.